The summed E-state index contributed by atoms with van der Waals surface area (Å²) in [5.41, 5.74) is 0. The van der Waals surface area contributed by atoms with E-state index in [2.05, 4.69) is 15.9 Å². The zero-order valence-corrected chi connectivity index (χ0v) is 12.6. The molecule has 4 nitrogen and oxygen atoms in total. The van der Waals surface area contributed by atoms with Crippen LogP contribution in [0.4, 0.5) is 0 Å². The van der Waals surface area contributed by atoms with Crippen molar-refractivity contribution in [3.05, 3.63) is 0 Å². The molecule has 1 rings (SSSR count). The molecule has 0 radical (unpaired) electrons. The van der Waals surface area contributed by atoms with Gasteiger partial charge in [0.05, 0.1) is 5.75 Å². The van der Waals surface area contributed by atoms with Gasteiger partial charge in [-0.1, -0.05) is 22.4 Å². The van der Waals surface area contributed by atoms with Crippen LogP contribution < -0.4 is 0 Å². The molecule has 17 heavy (non-hydrogen) atoms. The van der Waals surface area contributed by atoms with E-state index < -0.39 is 15.1 Å². The Balaban J connectivity index is 2.72. The van der Waals surface area contributed by atoms with Gasteiger partial charge >= 0.3 is 0 Å². The number of hydrogen-bond acceptors (Lipinski definition) is 3. The third kappa shape index (κ3) is 3.95. The predicted octanol–water partition coefficient (Wildman–Crippen LogP) is 1.59. The van der Waals surface area contributed by atoms with Crippen LogP contribution in [-0.2, 0) is 14.6 Å². The fourth-order valence-corrected chi connectivity index (χ4v) is 4.23. The molecule has 1 unspecified atom stereocenters. The van der Waals surface area contributed by atoms with E-state index in [0.29, 0.717) is 25.9 Å². The molecule has 1 saturated heterocycles. The number of nitrogens with zero attached hydrogens (tertiary/aromatic N) is 1. The number of amides is 1. The third-order valence-corrected chi connectivity index (χ3v) is 5.83. The van der Waals surface area contributed by atoms with E-state index in [0.717, 1.165) is 18.2 Å². The molecule has 100 valence electrons. The van der Waals surface area contributed by atoms with Gasteiger partial charge in [0.25, 0.3) is 0 Å². The van der Waals surface area contributed by atoms with Gasteiger partial charge in [-0.3, -0.25) is 4.79 Å². The average molecular weight is 326 g/mol. The van der Waals surface area contributed by atoms with Crippen molar-refractivity contribution in [3.63, 3.8) is 0 Å². The molecular weight excluding hydrogens is 306 g/mol. The smallest absolute Gasteiger partial charge is 0.240 e. The van der Waals surface area contributed by atoms with Crippen LogP contribution in [0.25, 0.3) is 0 Å². The molecule has 0 aliphatic carbocycles. The Morgan fingerprint density at radius 1 is 1.41 bits per heavy atom. The van der Waals surface area contributed by atoms with Crippen LogP contribution in [0, 0.1) is 0 Å². The molecule has 1 amide bonds. The Labute approximate surface area is 112 Å². The van der Waals surface area contributed by atoms with Crippen molar-refractivity contribution in [2.75, 3.05) is 24.2 Å². The van der Waals surface area contributed by atoms with E-state index in [1.54, 1.807) is 4.90 Å². The minimum Gasteiger partial charge on any atom is -0.342 e. The fraction of sp³-hybridized carbons (Fsp3) is 0.909. The van der Waals surface area contributed by atoms with Gasteiger partial charge in [-0.25, -0.2) is 8.42 Å². The average Bonchev–Trinajstić information content (AvgIpc) is 2.29. The van der Waals surface area contributed by atoms with Gasteiger partial charge in [-0.15, -0.1) is 0 Å². The lowest BCUT2D eigenvalue weighted by atomic mass is 10.1. The van der Waals surface area contributed by atoms with E-state index in [1.165, 1.54) is 0 Å². The molecule has 0 aromatic rings. The molecule has 0 spiro atoms. The molecule has 1 atom stereocenters. The van der Waals surface area contributed by atoms with Crippen LogP contribution in [0.15, 0.2) is 0 Å². The monoisotopic (exact) mass is 325 g/mol. The maximum Gasteiger partial charge on any atom is 0.240 e. The molecule has 0 aromatic heterocycles. The summed E-state index contributed by atoms with van der Waals surface area (Å²) < 4.78 is 23.7. The van der Waals surface area contributed by atoms with Gasteiger partial charge in [0.15, 0.2) is 9.84 Å². The highest BCUT2D eigenvalue weighted by atomic mass is 79.9. The summed E-state index contributed by atoms with van der Waals surface area (Å²) in [5, 5.41) is 0.0420. The highest BCUT2D eigenvalue weighted by Crippen LogP contribution is 2.21. The Kier molecular flexibility index (Phi) is 5.92. The van der Waals surface area contributed by atoms with Crippen molar-refractivity contribution >= 4 is 31.7 Å². The third-order valence-electron chi connectivity index (χ3n) is 3.11. The standard InChI is InChI=1S/C11H20BrNO3S/c1-2-13(8-5-7-12)11(14)10-6-3-4-9-17(10,15)16/h10H,2-9H2,1H3. The van der Waals surface area contributed by atoms with Crippen molar-refractivity contribution in [3.8, 4) is 0 Å². The Hall–Kier alpha value is -0.100. The van der Waals surface area contributed by atoms with E-state index in [-0.39, 0.29) is 11.7 Å². The van der Waals surface area contributed by atoms with Crippen molar-refractivity contribution in [2.45, 2.75) is 37.9 Å². The molecular formula is C11H20BrNO3S. The van der Waals surface area contributed by atoms with Crippen LogP contribution in [-0.4, -0.2) is 48.6 Å². The number of carbonyl (C=O) groups excluding carboxylic acids is 1. The first kappa shape index (κ1) is 15.0. The number of halogens is 1. The molecule has 0 bridgehead atoms. The summed E-state index contributed by atoms with van der Waals surface area (Å²) in [5.74, 6) is -0.0347. The topological polar surface area (TPSA) is 54.5 Å². The SMILES string of the molecule is CCN(CCCBr)C(=O)C1CCCCS1(=O)=O. The van der Waals surface area contributed by atoms with Gasteiger partial charge in [0, 0.05) is 18.4 Å². The number of rotatable bonds is 5. The normalized spacial score (nSPS) is 23.3. The van der Waals surface area contributed by atoms with Gasteiger partial charge in [-0.05, 0) is 26.2 Å². The number of hydrogen-bond donors (Lipinski definition) is 0. The molecule has 1 aliphatic rings. The summed E-state index contributed by atoms with van der Waals surface area (Å²) in [6, 6.07) is 0. The quantitative estimate of drug-likeness (QED) is 0.721. The summed E-state index contributed by atoms with van der Waals surface area (Å²) >= 11 is 3.32. The maximum atomic E-state index is 12.2. The molecule has 1 heterocycles. The lowest BCUT2D eigenvalue weighted by molar-refractivity contribution is -0.130. The lowest BCUT2D eigenvalue weighted by Gasteiger charge is -2.28. The van der Waals surface area contributed by atoms with E-state index in [1.807, 2.05) is 6.92 Å². The first-order valence-electron chi connectivity index (χ1n) is 6.09. The maximum absolute atomic E-state index is 12.2. The highest BCUT2D eigenvalue weighted by Gasteiger charge is 2.36. The molecule has 1 aliphatic heterocycles. The first-order chi connectivity index (χ1) is 8.03. The second-order valence-electron chi connectivity index (χ2n) is 4.31. The number of alkyl halides is 1. The van der Waals surface area contributed by atoms with Crippen LogP contribution in [0.1, 0.15) is 32.6 Å². The second-order valence-corrected chi connectivity index (χ2v) is 7.41. The highest BCUT2D eigenvalue weighted by molar-refractivity contribution is 9.09. The molecule has 0 N–H and O–H groups in total. The van der Waals surface area contributed by atoms with E-state index >= 15 is 0 Å². The second kappa shape index (κ2) is 6.73. The van der Waals surface area contributed by atoms with Gasteiger partial charge in [0.2, 0.25) is 5.91 Å². The lowest BCUT2D eigenvalue weighted by Crippen LogP contribution is -2.45. The summed E-state index contributed by atoms with van der Waals surface area (Å²) in [7, 11) is -3.21. The van der Waals surface area contributed by atoms with Crippen LogP contribution >= 0.6 is 15.9 Å². The zero-order valence-electron chi connectivity index (χ0n) is 10.2. The Morgan fingerprint density at radius 2 is 2.12 bits per heavy atom. The minimum atomic E-state index is -3.21. The van der Waals surface area contributed by atoms with Crippen LogP contribution in [0.5, 0.6) is 0 Å². The van der Waals surface area contributed by atoms with Crippen molar-refractivity contribution in [1.82, 2.24) is 4.90 Å². The first-order valence-corrected chi connectivity index (χ1v) is 8.93. The van der Waals surface area contributed by atoms with Crippen LogP contribution in [0.2, 0.25) is 0 Å². The van der Waals surface area contributed by atoms with E-state index in [4.69, 9.17) is 0 Å². The number of carbonyl (C=O) groups is 1. The summed E-state index contributed by atoms with van der Waals surface area (Å²) in [4.78, 5) is 13.8. The number of sulfone groups is 1. The summed E-state index contributed by atoms with van der Waals surface area (Å²) in [6.45, 7) is 3.10. The van der Waals surface area contributed by atoms with Crippen LogP contribution in [0.3, 0.4) is 0 Å². The minimum absolute atomic E-state index is 0.166. The predicted molar refractivity (Wildman–Crippen MR) is 72.1 cm³/mol. The molecule has 0 aromatic carbocycles. The molecule has 0 saturated carbocycles. The zero-order chi connectivity index (χ0) is 12.9. The van der Waals surface area contributed by atoms with Gasteiger partial charge in [0.1, 0.15) is 5.25 Å². The van der Waals surface area contributed by atoms with Gasteiger partial charge in [-0.2, -0.15) is 0 Å². The molecule has 1 fully saturated rings. The van der Waals surface area contributed by atoms with E-state index in [9.17, 15) is 13.2 Å². The van der Waals surface area contributed by atoms with Crippen molar-refractivity contribution < 1.29 is 13.2 Å². The van der Waals surface area contributed by atoms with Gasteiger partial charge < -0.3 is 4.90 Å². The van der Waals surface area contributed by atoms with Crippen molar-refractivity contribution in [1.29, 1.82) is 0 Å². The largest absolute Gasteiger partial charge is 0.342 e. The van der Waals surface area contributed by atoms with Crippen molar-refractivity contribution in [2.24, 2.45) is 0 Å². The summed E-state index contributed by atoms with van der Waals surface area (Å²) in [6.07, 6.45) is 2.88. The fourth-order valence-electron chi connectivity index (χ4n) is 2.11. The Bertz CT molecular complexity index is 356. The molecule has 6 heteroatoms. The Morgan fingerprint density at radius 3 is 2.65 bits per heavy atom.